The van der Waals surface area contributed by atoms with E-state index >= 15 is 0 Å². The SMILES string of the molecule is CCc1c(NN)cc(C)c(Cl)c1-c1c(-c2ccc(C(=O)NCCOC)cc2)nn(C2CCN(C(=O)OC(C)(C)C)CC2)c1C. The molecule has 1 aliphatic heterocycles. The predicted molar refractivity (Wildman–Crippen MR) is 175 cm³/mol. The number of halogens is 1. The molecule has 1 aliphatic rings. The molecule has 4 rings (SSSR count). The van der Waals surface area contributed by atoms with Crippen molar-refractivity contribution >= 4 is 29.3 Å². The number of hydrogen-bond acceptors (Lipinski definition) is 7. The first-order valence-electron chi connectivity index (χ1n) is 15.1. The quantitative estimate of drug-likeness (QED) is 0.145. The Morgan fingerprint density at radius 2 is 1.77 bits per heavy atom. The molecule has 1 fully saturated rings. The van der Waals surface area contributed by atoms with Crippen molar-refractivity contribution in [2.24, 2.45) is 5.84 Å². The minimum absolute atomic E-state index is 0.0767. The van der Waals surface area contributed by atoms with Gasteiger partial charge in [-0.25, -0.2) is 4.79 Å². The molecule has 2 heterocycles. The second kappa shape index (κ2) is 14.0. The molecule has 4 N–H and O–H groups in total. The second-order valence-electron chi connectivity index (χ2n) is 12.2. The highest BCUT2D eigenvalue weighted by Crippen LogP contribution is 2.45. The molecular formula is C33H45ClN6O4. The summed E-state index contributed by atoms with van der Waals surface area (Å²) in [5, 5.41) is 8.71. The summed E-state index contributed by atoms with van der Waals surface area (Å²) in [6, 6.07) is 9.49. The summed E-state index contributed by atoms with van der Waals surface area (Å²) in [6.45, 7) is 13.8. The Balaban J connectivity index is 1.77. The van der Waals surface area contributed by atoms with Crippen molar-refractivity contribution in [1.82, 2.24) is 20.0 Å². The highest BCUT2D eigenvalue weighted by Gasteiger charge is 2.31. The first kappa shape index (κ1) is 33.3. The Kier molecular flexibility index (Phi) is 10.6. The number of carbonyl (C=O) groups excluding carboxylic acids is 2. The number of anilines is 1. The monoisotopic (exact) mass is 624 g/mol. The standard InChI is InChI=1S/C33H45ClN6O4/c1-8-25-26(37-35)19-20(2)29(34)28(25)27-21(3)40(24-13-16-39(17-14-24)32(42)44-33(4,5)6)38-30(27)22-9-11-23(12-10-22)31(41)36-15-18-43-7/h9-12,19,24,37H,8,13-18,35H2,1-7H3,(H,36,41). The van der Waals surface area contributed by atoms with Crippen LogP contribution in [-0.2, 0) is 15.9 Å². The van der Waals surface area contributed by atoms with Gasteiger partial charge in [0.05, 0.1) is 23.4 Å². The summed E-state index contributed by atoms with van der Waals surface area (Å²) in [5.41, 5.74) is 10.0. The molecule has 0 unspecified atom stereocenters. The van der Waals surface area contributed by atoms with Crippen molar-refractivity contribution in [1.29, 1.82) is 0 Å². The largest absolute Gasteiger partial charge is 0.444 e. The molecule has 2 aromatic carbocycles. The third kappa shape index (κ3) is 7.20. The summed E-state index contributed by atoms with van der Waals surface area (Å²) >= 11 is 7.07. The Labute approximate surface area is 265 Å². The maximum atomic E-state index is 12.7. The molecular weight excluding hydrogens is 580 g/mol. The first-order valence-corrected chi connectivity index (χ1v) is 15.5. The van der Waals surface area contributed by atoms with Crippen LogP contribution in [0.3, 0.4) is 0 Å². The molecule has 0 bridgehead atoms. The van der Waals surface area contributed by atoms with Crippen LogP contribution < -0.4 is 16.6 Å². The van der Waals surface area contributed by atoms with Crippen LogP contribution in [0.2, 0.25) is 5.02 Å². The van der Waals surface area contributed by atoms with Crippen molar-refractivity contribution < 1.29 is 19.1 Å². The van der Waals surface area contributed by atoms with E-state index in [2.05, 4.69) is 29.3 Å². The van der Waals surface area contributed by atoms with Gasteiger partial charge >= 0.3 is 6.09 Å². The normalized spacial score (nSPS) is 14.1. The summed E-state index contributed by atoms with van der Waals surface area (Å²) in [7, 11) is 1.60. The Hall–Kier alpha value is -3.60. The number of nitrogens with two attached hydrogens (primary N) is 1. The number of hydrogen-bond donors (Lipinski definition) is 3. The zero-order valence-corrected chi connectivity index (χ0v) is 27.6. The van der Waals surface area contributed by atoms with Crippen molar-refractivity contribution in [2.45, 2.75) is 72.4 Å². The summed E-state index contributed by atoms with van der Waals surface area (Å²) in [5.74, 6) is 5.80. The topological polar surface area (TPSA) is 124 Å². The number of piperidine rings is 1. The lowest BCUT2D eigenvalue weighted by Crippen LogP contribution is -2.42. The van der Waals surface area contributed by atoms with E-state index in [4.69, 9.17) is 32.0 Å². The number of likely N-dealkylation sites (tertiary alicyclic amines) is 1. The van der Waals surface area contributed by atoms with Gasteiger partial charge in [-0.2, -0.15) is 5.10 Å². The number of nitrogen functional groups attached to an aromatic ring is 1. The van der Waals surface area contributed by atoms with Gasteiger partial charge in [-0.3, -0.25) is 15.3 Å². The Morgan fingerprint density at radius 1 is 1.11 bits per heavy atom. The molecule has 0 radical (unpaired) electrons. The van der Waals surface area contributed by atoms with Crippen LogP contribution in [0.4, 0.5) is 10.5 Å². The average molecular weight is 625 g/mol. The third-order valence-electron chi connectivity index (χ3n) is 7.94. The second-order valence-corrected chi connectivity index (χ2v) is 12.6. The van der Waals surface area contributed by atoms with E-state index in [-0.39, 0.29) is 18.0 Å². The smallest absolute Gasteiger partial charge is 0.410 e. The molecule has 2 amide bonds. The summed E-state index contributed by atoms with van der Waals surface area (Å²) in [6.07, 6.45) is 1.88. The van der Waals surface area contributed by atoms with Gasteiger partial charge in [0.1, 0.15) is 11.3 Å². The minimum atomic E-state index is -0.544. The third-order valence-corrected chi connectivity index (χ3v) is 8.42. The number of rotatable bonds is 9. The van der Waals surface area contributed by atoms with E-state index in [9.17, 15) is 9.59 Å². The van der Waals surface area contributed by atoms with Crippen LogP contribution in [-0.4, -0.2) is 65.6 Å². The molecule has 3 aromatic rings. The minimum Gasteiger partial charge on any atom is -0.444 e. The molecule has 11 heteroatoms. The number of carbonyl (C=O) groups is 2. The van der Waals surface area contributed by atoms with E-state index in [1.54, 1.807) is 24.1 Å². The molecule has 238 valence electrons. The zero-order chi connectivity index (χ0) is 32.2. The molecule has 0 spiro atoms. The maximum absolute atomic E-state index is 12.7. The molecule has 1 aromatic heterocycles. The van der Waals surface area contributed by atoms with Crippen LogP contribution in [0.25, 0.3) is 22.4 Å². The van der Waals surface area contributed by atoms with Crippen LogP contribution in [0, 0.1) is 13.8 Å². The fourth-order valence-corrected chi connectivity index (χ4v) is 5.99. The number of benzene rings is 2. The summed E-state index contributed by atoms with van der Waals surface area (Å²) < 4.78 is 12.7. The van der Waals surface area contributed by atoms with E-state index in [0.717, 1.165) is 57.7 Å². The number of aromatic nitrogens is 2. The number of amides is 2. The van der Waals surface area contributed by atoms with Gasteiger partial charge in [0.25, 0.3) is 5.91 Å². The first-order chi connectivity index (χ1) is 20.9. The van der Waals surface area contributed by atoms with Gasteiger partial charge in [0, 0.05) is 54.7 Å². The highest BCUT2D eigenvalue weighted by molar-refractivity contribution is 6.34. The van der Waals surface area contributed by atoms with Crippen LogP contribution >= 0.6 is 11.6 Å². The van der Waals surface area contributed by atoms with Gasteiger partial charge in [-0.1, -0.05) is 30.7 Å². The lowest BCUT2D eigenvalue weighted by molar-refractivity contribution is 0.0184. The molecule has 0 aliphatic carbocycles. The fourth-order valence-electron chi connectivity index (χ4n) is 5.73. The van der Waals surface area contributed by atoms with E-state index in [1.165, 1.54) is 0 Å². The van der Waals surface area contributed by atoms with Gasteiger partial charge in [0.15, 0.2) is 0 Å². The number of aryl methyl sites for hydroxylation is 1. The number of hydrazine groups is 1. The Bertz CT molecular complexity index is 1490. The van der Waals surface area contributed by atoms with Crippen molar-refractivity contribution in [3.8, 4) is 22.4 Å². The van der Waals surface area contributed by atoms with Gasteiger partial charge < -0.3 is 25.1 Å². The van der Waals surface area contributed by atoms with E-state index < -0.39 is 5.60 Å². The molecule has 10 nitrogen and oxygen atoms in total. The van der Waals surface area contributed by atoms with Gasteiger partial charge in [-0.05, 0) is 83.2 Å². The fraction of sp³-hybridized carbons (Fsp3) is 0.485. The molecule has 0 saturated carbocycles. The van der Waals surface area contributed by atoms with Crippen LogP contribution in [0.15, 0.2) is 30.3 Å². The predicted octanol–water partition coefficient (Wildman–Crippen LogP) is 6.28. The van der Waals surface area contributed by atoms with Crippen molar-refractivity contribution in [3.05, 3.63) is 57.7 Å². The average Bonchev–Trinajstić information content (AvgIpc) is 3.33. The zero-order valence-electron chi connectivity index (χ0n) is 26.8. The number of methoxy groups -OCH3 is 1. The van der Waals surface area contributed by atoms with Gasteiger partial charge in [-0.15, -0.1) is 0 Å². The molecule has 1 saturated heterocycles. The maximum Gasteiger partial charge on any atom is 0.410 e. The van der Waals surface area contributed by atoms with E-state index in [0.29, 0.717) is 43.2 Å². The lowest BCUT2D eigenvalue weighted by atomic mass is 9.91. The number of nitrogens with zero attached hydrogens (tertiary/aromatic N) is 3. The van der Waals surface area contributed by atoms with E-state index in [1.807, 2.05) is 45.9 Å². The highest BCUT2D eigenvalue weighted by atomic mass is 35.5. The summed E-state index contributed by atoms with van der Waals surface area (Å²) in [4.78, 5) is 27.1. The van der Waals surface area contributed by atoms with Crippen LogP contribution in [0.1, 0.15) is 73.8 Å². The number of nitrogens with one attached hydrogen (secondary N) is 2. The van der Waals surface area contributed by atoms with Crippen LogP contribution in [0.5, 0.6) is 0 Å². The van der Waals surface area contributed by atoms with Gasteiger partial charge in [0.2, 0.25) is 0 Å². The number of ether oxygens (including phenoxy) is 2. The molecule has 0 atom stereocenters. The van der Waals surface area contributed by atoms with Crippen molar-refractivity contribution in [2.75, 3.05) is 38.8 Å². The Morgan fingerprint density at radius 3 is 2.34 bits per heavy atom. The van der Waals surface area contributed by atoms with Crippen molar-refractivity contribution in [3.63, 3.8) is 0 Å². The molecule has 44 heavy (non-hydrogen) atoms. The lowest BCUT2D eigenvalue weighted by Gasteiger charge is -2.34.